The van der Waals surface area contributed by atoms with Gasteiger partial charge in [0.1, 0.15) is 6.10 Å². The van der Waals surface area contributed by atoms with Crippen LogP contribution in [0.4, 0.5) is 0 Å². The number of amides is 1. The quantitative estimate of drug-likeness (QED) is 0.528. The first-order chi connectivity index (χ1) is 14.6. The molecular formula is C23H36N4O3. The van der Waals surface area contributed by atoms with Gasteiger partial charge >= 0.3 is 0 Å². The molecule has 0 radical (unpaired) electrons. The van der Waals surface area contributed by atoms with Gasteiger partial charge in [0, 0.05) is 37.8 Å². The molecule has 30 heavy (non-hydrogen) atoms. The first-order valence-electron chi connectivity index (χ1n) is 11.3. The van der Waals surface area contributed by atoms with Crippen LogP contribution in [-0.2, 0) is 16.0 Å². The molecule has 2 heterocycles. The summed E-state index contributed by atoms with van der Waals surface area (Å²) in [4.78, 5) is 19.5. The number of benzene rings is 1. The molecule has 1 aromatic carbocycles. The zero-order valence-corrected chi connectivity index (χ0v) is 18.5. The van der Waals surface area contributed by atoms with Crippen LogP contribution in [0.25, 0.3) is 0 Å². The highest BCUT2D eigenvalue weighted by Crippen LogP contribution is 2.21. The van der Waals surface area contributed by atoms with Crippen molar-refractivity contribution in [1.29, 1.82) is 0 Å². The van der Waals surface area contributed by atoms with Gasteiger partial charge in [-0.2, -0.15) is 0 Å². The van der Waals surface area contributed by atoms with Gasteiger partial charge in [0.05, 0.1) is 19.3 Å². The van der Waals surface area contributed by atoms with Gasteiger partial charge in [-0.3, -0.25) is 4.79 Å². The zero-order chi connectivity index (χ0) is 21.3. The number of hydrogen-bond acceptors (Lipinski definition) is 4. The normalized spacial score (nSPS) is 23.3. The number of carbonyl (C=O) groups excluding carboxylic acids is 1. The minimum atomic E-state index is -0.0327. The predicted octanol–water partition coefficient (Wildman–Crippen LogP) is 2.56. The van der Waals surface area contributed by atoms with Crippen LogP contribution >= 0.6 is 0 Å². The molecule has 0 bridgehead atoms. The van der Waals surface area contributed by atoms with Crippen molar-refractivity contribution >= 4 is 11.9 Å². The van der Waals surface area contributed by atoms with E-state index >= 15 is 0 Å². The zero-order valence-electron chi connectivity index (χ0n) is 18.5. The number of carbonyl (C=O) groups is 1. The number of nitrogens with zero attached hydrogens (tertiary/aromatic N) is 2. The summed E-state index contributed by atoms with van der Waals surface area (Å²) in [6.45, 7) is 10.6. The molecule has 2 N–H and O–H groups in total. The Morgan fingerprint density at radius 2 is 2.10 bits per heavy atom. The van der Waals surface area contributed by atoms with Crippen LogP contribution in [0.2, 0.25) is 0 Å². The molecular weight excluding hydrogens is 380 g/mol. The third-order valence-corrected chi connectivity index (χ3v) is 5.70. The van der Waals surface area contributed by atoms with Crippen LogP contribution in [0, 0.1) is 0 Å². The van der Waals surface area contributed by atoms with E-state index in [-0.39, 0.29) is 24.2 Å². The van der Waals surface area contributed by atoms with E-state index in [9.17, 15) is 4.79 Å². The Hall–Kier alpha value is -2.12. The molecule has 3 atom stereocenters. The minimum absolute atomic E-state index is 0.0327. The summed E-state index contributed by atoms with van der Waals surface area (Å²) in [5.41, 5.74) is 1.70. The Bertz CT molecular complexity index is 718. The number of guanidine groups is 1. The van der Waals surface area contributed by atoms with Gasteiger partial charge in [0.15, 0.2) is 5.96 Å². The fourth-order valence-corrected chi connectivity index (χ4v) is 3.80. The molecule has 0 aliphatic carbocycles. The van der Waals surface area contributed by atoms with E-state index in [4.69, 9.17) is 14.5 Å². The fourth-order valence-electron chi connectivity index (χ4n) is 3.80. The van der Waals surface area contributed by atoms with Crippen LogP contribution in [0.3, 0.4) is 0 Å². The maximum Gasteiger partial charge on any atom is 0.251 e. The summed E-state index contributed by atoms with van der Waals surface area (Å²) in [6.07, 6.45) is 3.38. The molecule has 2 saturated heterocycles. The van der Waals surface area contributed by atoms with Gasteiger partial charge < -0.3 is 25.0 Å². The molecule has 2 aliphatic heterocycles. The molecule has 2 aliphatic rings. The predicted molar refractivity (Wildman–Crippen MR) is 119 cm³/mol. The molecule has 0 saturated carbocycles. The molecule has 3 unspecified atom stereocenters. The number of hydrogen-bond donors (Lipinski definition) is 2. The number of aliphatic imine (C=N–C) groups is 1. The van der Waals surface area contributed by atoms with Crippen molar-refractivity contribution in [3.05, 3.63) is 35.4 Å². The van der Waals surface area contributed by atoms with E-state index in [1.54, 1.807) is 0 Å². The lowest BCUT2D eigenvalue weighted by Crippen LogP contribution is -2.53. The second-order valence-corrected chi connectivity index (χ2v) is 8.06. The molecule has 1 aromatic rings. The Kier molecular flexibility index (Phi) is 8.51. The smallest absolute Gasteiger partial charge is 0.251 e. The summed E-state index contributed by atoms with van der Waals surface area (Å²) < 4.78 is 11.8. The highest BCUT2D eigenvalue weighted by Gasteiger charge is 2.32. The van der Waals surface area contributed by atoms with E-state index in [0.717, 1.165) is 57.0 Å². The van der Waals surface area contributed by atoms with E-state index in [1.807, 2.05) is 31.2 Å². The molecule has 7 heteroatoms. The van der Waals surface area contributed by atoms with E-state index in [0.29, 0.717) is 18.7 Å². The van der Waals surface area contributed by atoms with Crippen molar-refractivity contribution in [2.45, 2.75) is 64.8 Å². The van der Waals surface area contributed by atoms with Gasteiger partial charge in [-0.15, -0.1) is 0 Å². The third-order valence-electron chi connectivity index (χ3n) is 5.70. The maximum absolute atomic E-state index is 12.4. The molecule has 0 aromatic heterocycles. The Morgan fingerprint density at radius 3 is 2.83 bits per heavy atom. The topological polar surface area (TPSA) is 75.2 Å². The average molecular weight is 417 g/mol. The second kappa shape index (κ2) is 11.3. The average Bonchev–Trinajstić information content (AvgIpc) is 3.32. The number of rotatable bonds is 7. The van der Waals surface area contributed by atoms with Gasteiger partial charge in [-0.05, 0) is 50.8 Å². The minimum Gasteiger partial charge on any atom is -0.375 e. The highest BCUT2D eigenvalue weighted by atomic mass is 16.5. The van der Waals surface area contributed by atoms with Crippen molar-refractivity contribution in [3.8, 4) is 0 Å². The van der Waals surface area contributed by atoms with Gasteiger partial charge in [-0.25, -0.2) is 4.99 Å². The highest BCUT2D eigenvalue weighted by molar-refractivity contribution is 5.94. The third kappa shape index (κ3) is 6.19. The van der Waals surface area contributed by atoms with Crippen molar-refractivity contribution in [1.82, 2.24) is 15.5 Å². The van der Waals surface area contributed by atoms with Crippen LogP contribution in [-0.4, -0.2) is 67.9 Å². The lowest BCUT2D eigenvalue weighted by Gasteiger charge is -2.37. The van der Waals surface area contributed by atoms with E-state index < -0.39 is 0 Å². The van der Waals surface area contributed by atoms with Gasteiger partial charge in [0.2, 0.25) is 0 Å². The Morgan fingerprint density at radius 1 is 1.27 bits per heavy atom. The van der Waals surface area contributed by atoms with E-state index in [2.05, 4.69) is 29.4 Å². The summed E-state index contributed by atoms with van der Waals surface area (Å²) in [5.74, 6) is 0.855. The molecule has 2 fully saturated rings. The summed E-state index contributed by atoms with van der Waals surface area (Å²) in [7, 11) is 0. The molecule has 3 rings (SSSR count). The number of nitrogens with one attached hydrogen (secondary N) is 2. The number of morpholine rings is 1. The first kappa shape index (κ1) is 22.6. The largest absolute Gasteiger partial charge is 0.375 e. The SMILES string of the molecule is CCNC(=NCc1cccc(C(=O)NC(C)CC)c1)N1CCOC(C2CCCO2)C1. The second-order valence-electron chi connectivity index (χ2n) is 8.06. The maximum atomic E-state index is 12.4. The first-order valence-corrected chi connectivity index (χ1v) is 11.3. The van der Waals surface area contributed by atoms with Crippen LogP contribution < -0.4 is 10.6 Å². The molecule has 1 amide bonds. The summed E-state index contributed by atoms with van der Waals surface area (Å²) in [5, 5.41) is 6.43. The van der Waals surface area contributed by atoms with Crippen LogP contribution in [0.15, 0.2) is 29.3 Å². The van der Waals surface area contributed by atoms with Crippen molar-refractivity contribution in [2.75, 3.05) is 32.8 Å². The van der Waals surface area contributed by atoms with E-state index in [1.165, 1.54) is 0 Å². The van der Waals surface area contributed by atoms with Crippen molar-refractivity contribution in [2.24, 2.45) is 4.99 Å². The standard InChI is InChI=1S/C23H36N4O3/c1-4-17(3)26-22(28)19-9-6-8-18(14-19)15-25-23(24-5-2)27-11-13-30-21(16-27)20-10-7-12-29-20/h6,8-9,14,17,20-21H,4-5,7,10-13,15-16H2,1-3H3,(H,24,25)(H,26,28). The summed E-state index contributed by atoms with van der Waals surface area (Å²) >= 11 is 0. The van der Waals surface area contributed by atoms with Gasteiger partial charge in [0.25, 0.3) is 5.91 Å². The van der Waals surface area contributed by atoms with Crippen LogP contribution in [0.1, 0.15) is 56.0 Å². The molecule has 0 spiro atoms. The van der Waals surface area contributed by atoms with Crippen molar-refractivity contribution in [3.63, 3.8) is 0 Å². The lowest BCUT2D eigenvalue weighted by molar-refractivity contribution is -0.0817. The Labute approximate surface area is 180 Å². The van der Waals surface area contributed by atoms with Crippen LogP contribution in [0.5, 0.6) is 0 Å². The Balaban J connectivity index is 1.65. The number of ether oxygens (including phenoxy) is 2. The van der Waals surface area contributed by atoms with Crippen molar-refractivity contribution < 1.29 is 14.3 Å². The fraction of sp³-hybridized carbons (Fsp3) is 0.652. The molecule has 166 valence electrons. The molecule has 7 nitrogen and oxygen atoms in total. The monoisotopic (exact) mass is 416 g/mol. The van der Waals surface area contributed by atoms with Gasteiger partial charge in [-0.1, -0.05) is 19.1 Å². The summed E-state index contributed by atoms with van der Waals surface area (Å²) in [6, 6.07) is 7.88. The lowest BCUT2D eigenvalue weighted by atomic mass is 10.1.